The molecule has 0 radical (unpaired) electrons. The quantitative estimate of drug-likeness (QED) is 0.233. The van der Waals surface area contributed by atoms with Crippen molar-refractivity contribution < 1.29 is 0 Å². The van der Waals surface area contributed by atoms with Gasteiger partial charge in [-0.15, -0.1) is 0 Å². The number of hydrogen-bond donors (Lipinski definition) is 0. The summed E-state index contributed by atoms with van der Waals surface area (Å²) in [5.74, 6) is 0. The van der Waals surface area contributed by atoms with Crippen molar-refractivity contribution in [1.29, 1.82) is 0 Å². The third-order valence-corrected chi connectivity index (χ3v) is 8.96. The minimum absolute atomic E-state index is 0.0586. The van der Waals surface area contributed by atoms with Gasteiger partial charge in [-0.05, 0) is 93.5 Å². The van der Waals surface area contributed by atoms with E-state index in [9.17, 15) is 0 Å². The van der Waals surface area contributed by atoms with Crippen LogP contribution in [0.5, 0.6) is 0 Å². The van der Waals surface area contributed by atoms with Gasteiger partial charge in [0.1, 0.15) is 0 Å². The molecule has 0 fully saturated rings. The molecule has 6 rings (SSSR count). The number of allylic oxidation sites excluding steroid dienone is 4. The van der Waals surface area contributed by atoms with Gasteiger partial charge in [-0.3, -0.25) is 0 Å². The molecule has 0 heterocycles. The minimum atomic E-state index is -0.0586. The van der Waals surface area contributed by atoms with E-state index in [1.54, 1.807) is 22.3 Å². The summed E-state index contributed by atoms with van der Waals surface area (Å²) >= 11 is 0. The highest BCUT2D eigenvalue weighted by atomic mass is 14.4. The zero-order valence-corrected chi connectivity index (χ0v) is 23.1. The molecular weight excluding hydrogens is 444 g/mol. The molecule has 0 N–H and O–H groups in total. The second-order valence-electron chi connectivity index (χ2n) is 11.8. The number of hydrogen-bond acceptors (Lipinski definition) is 0. The molecule has 2 aliphatic rings. The summed E-state index contributed by atoms with van der Waals surface area (Å²) in [5.41, 5.74) is 12.7. The maximum Gasteiger partial charge on any atom is 0.0158 e. The van der Waals surface area contributed by atoms with E-state index in [1.165, 1.54) is 82.3 Å². The highest BCUT2D eigenvalue weighted by Crippen LogP contribution is 2.58. The molecule has 0 heteroatoms. The molecule has 0 atom stereocenters. The largest absolute Gasteiger partial charge is 0.0654 e. The van der Waals surface area contributed by atoms with Crippen molar-refractivity contribution in [2.45, 2.75) is 79.1 Å². The Morgan fingerprint density at radius 2 is 1.00 bits per heavy atom. The summed E-state index contributed by atoms with van der Waals surface area (Å²) in [6.45, 7) is 9.74. The van der Waals surface area contributed by atoms with Crippen LogP contribution in [0.3, 0.4) is 0 Å². The van der Waals surface area contributed by atoms with Crippen LogP contribution in [0.15, 0.2) is 83.9 Å². The fourth-order valence-electron chi connectivity index (χ4n) is 7.35. The summed E-state index contributed by atoms with van der Waals surface area (Å²) in [4.78, 5) is 0. The lowest BCUT2D eigenvalue weighted by Crippen LogP contribution is -2.18. The first-order chi connectivity index (χ1) is 18.0. The van der Waals surface area contributed by atoms with E-state index in [-0.39, 0.29) is 5.41 Å². The normalized spacial score (nSPS) is 15.2. The van der Waals surface area contributed by atoms with Crippen LogP contribution in [0.25, 0.3) is 32.7 Å². The van der Waals surface area contributed by atoms with Crippen molar-refractivity contribution in [3.05, 3.63) is 106 Å². The predicted molar refractivity (Wildman–Crippen MR) is 162 cm³/mol. The van der Waals surface area contributed by atoms with Gasteiger partial charge in [-0.1, -0.05) is 124 Å². The smallest absolute Gasteiger partial charge is 0.0158 e. The van der Waals surface area contributed by atoms with E-state index in [0.717, 1.165) is 12.8 Å². The van der Waals surface area contributed by atoms with Crippen LogP contribution in [-0.2, 0) is 12.8 Å². The first-order valence-electron chi connectivity index (χ1n) is 14.5. The molecule has 0 unspecified atom stereocenters. The van der Waals surface area contributed by atoms with Gasteiger partial charge in [-0.25, -0.2) is 0 Å². The van der Waals surface area contributed by atoms with E-state index in [1.807, 2.05) is 0 Å². The molecule has 0 amide bonds. The lowest BCUT2D eigenvalue weighted by Gasteiger charge is -2.34. The van der Waals surface area contributed by atoms with Crippen LogP contribution in [0.1, 0.15) is 88.5 Å². The molecule has 2 aliphatic carbocycles. The van der Waals surface area contributed by atoms with E-state index in [0.29, 0.717) is 0 Å². The Balaban J connectivity index is 1.63. The number of benzene rings is 4. The topological polar surface area (TPSA) is 0 Å². The molecule has 4 aromatic carbocycles. The van der Waals surface area contributed by atoms with E-state index in [4.69, 9.17) is 0 Å². The van der Waals surface area contributed by atoms with Gasteiger partial charge in [0.05, 0.1) is 0 Å². The summed E-state index contributed by atoms with van der Waals surface area (Å²) in [6, 6.07) is 27.6. The monoisotopic (exact) mass is 484 g/mol. The van der Waals surface area contributed by atoms with Crippen LogP contribution < -0.4 is 0 Å². The van der Waals surface area contributed by atoms with Gasteiger partial charge in [-0.2, -0.15) is 0 Å². The number of fused-ring (bicyclic) bond motifs is 6. The van der Waals surface area contributed by atoms with Gasteiger partial charge in [0.15, 0.2) is 0 Å². The van der Waals surface area contributed by atoms with Crippen molar-refractivity contribution >= 4 is 32.7 Å². The van der Waals surface area contributed by atoms with Crippen LogP contribution in [-0.4, -0.2) is 0 Å². The second kappa shape index (κ2) is 9.64. The summed E-state index contributed by atoms with van der Waals surface area (Å²) in [6.07, 6.45) is 9.65. The Morgan fingerprint density at radius 3 is 1.43 bits per heavy atom. The van der Waals surface area contributed by atoms with Crippen molar-refractivity contribution in [2.75, 3.05) is 0 Å². The molecule has 0 saturated carbocycles. The van der Waals surface area contributed by atoms with Crippen LogP contribution in [0.4, 0.5) is 0 Å². The summed E-state index contributed by atoms with van der Waals surface area (Å²) in [5, 5.41) is 5.59. The number of rotatable bonds is 8. The highest BCUT2D eigenvalue weighted by Gasteiger charge is 2.41. The SMILES string of the molecule is CCCCC1=C(C(C)(C)C2=C(CCCC)Cc3ccc4ccccc4c32)c2c(ccc3ccccc23)C1. The number of unbranched alkanes of at least 4 members (excludes halogenated alkanes) is 2. The lowest BCUT2D eigenvalue weighted by atomic mass is 9.69. The molecule has 0 aliphatic heterocycles. The maximum atomic E-state index is 2.54. The third-order valence-electron chi connectivity index (χ3n) is 8.96. The van der Waals surface area contributed by atoms with E-state index >= 15 is 0 Å². The van der Waals surface area contributed by atoms with Gasteiger partial charge in [0.2, 0.25) is 0 Å². The van der Waals surface area contributed by atoms with Crippen LogP contribution >= 0.6 is 0 Å². The van der Waals surface area contributed by atoms with Crippen LogP contribution in [0, 0.1) is 5.41 Å². The molecule has 0 spiro atoms. The van der Waals surface area contributed by atoms with Gasteiger partial charge in [0, 0.05) is 5.41 Å². The van der Waals surface area contributed by atoms with E-state index < -0.39 is 0 Å². The second-order valence-corrected chi connectivity index (χ2v) is 11.8. The van der Waals surface area contributed by atoms with Gasteiger partial charge >= 0.3 is 0 Å². The molecule has 0 aromatic heterocycles. The summed E-state index contributed by atoms with van der Waals surface area (Å²) < 4.78 is 0. The standard InChI is InChI=1S/C37H40/c1-5-7-13-29-23-27-21-19-25-15-9-11-17-31(25)33(27)35(29)37(3,4)36-30(14-8-6-2)24-28-22-20-26-16-10-12-18-32(26)34(28)36/h9-12,15-22H,5-8,13-14,23-24H2,1-4H3. The Kier molecular flexibility index (Phi) is 6.31. The fraction of sp³-hybridized carbons (Fsp3) is 0.351. The molecule has 0 bridgehead atoms. The molecule has 4 aromatic rings. The molecule has 0 nitrogen and oxygen atoms in total. The average Bonchev–Trinajstić information content (AvgIpc) is 3.50. The van der Waals surface area contributed by atoms with Crippen molar-refractivity contribution in [2.24, 2.45) is 5.41 Å². The van der Waals surface area contributed by atoms with Crippen LogP contribution in [0.2, 0.25) is 0 Å². The molecular formula is C37H40. The zero-order valence-electron chi connectivity index (χ0n) is 23.1. The lowest BCUT2D eigenvalue weighted by molar-refractivity contribution is 0.655. The fourth-order valence-corrected chi connectivity index (χ4v) is 7.35. The minimum Gasteiger partial charge on any atom is -0.0654 e. The average molecular weight is 485 g/mol. The van der Waals surface area contributed by atoms with Crippen molar-refractivity contribution in [1.82, 2.24) is 0 Å². The Hall–Kier alpha value is -3.12. The zero-order chi connectivity index (χ0) is 25.6. The first kappa shape index (κ1) is 24.2. The van der Waals surface area contributed by atoms with E-state index in [2.05, 4.69) is 100 Å². The Labute approximate surface area is 223 Å². The predicted octanol–water partition coefficient (Wildman–Crippen LogP) is 10.7. The molecule has 188 valence electrons. The Bertz CT molecular complexity index is 1440. The van der Waals surface area contributed by atoms with Crippen molar-refractivity contribution in [3.8, 4) is 0 Å². The first-order valence-corrected chi connectivity index (χ1v) is 14.5. The molecule has 37 heavy (non-hydrogen) atoms. The maximum absolute atomic E-state index is 2.54. The van der Waals surface area contributed by atoms with Gasteiger partial charge < -0.3 is 0 Å². The third kappa shape index (κ3) is 3.97. The Morgan fingerprint density at radius 1 is 0.568 bits per heavy atom. The summed E-state index contributed by atoms with van der Waals surface area (Å²) in [7, 11) is 0. The highest BCUT2D eigenvalue weighted by molar-refractivity contribution is 6.06. The molecule has 0 saturated heterocycles. The van der Waals surface area contributed by atoms with Crippen molar-refractivity contribution in [3.63, 3.8) is 0 Å². The van der Waals surface area contributed by atoms with Gasteiger partial charge in [0.25, 0.3) is 0 Å².